The Bertz CT molecular complexity index is 750. The van der Waals surface area contributed by atoms with Crippen molar-refractivity contribution in [1.29, 1.82) is 0 Å². The number of aliphatic carboxylic acids is 1. The van der Waals surface area contributed by atoms with E-state index in [1.807, 2.05) is 20.8 Å². The van der Waals surface area contributed by atoms with Crippen LogP contribution in [0.25, 0.3) is 5.78 Å². The van der Waals surface area contributed by atoms with Crippen LogP contribution < -0.4 is 5.32 Å². The molecule has 0 bridgehead atoms. The number of carboxylic acids is 1. The third kappa shape index (κ3) is 4.48. The Labute approximate surface area is 139 Å². The van der Waals surface area contributed by atoms with Crippen molar-refractivity contribution in [2.24, 2.45) is 0 Å². The summed E-state index contributed by atoms with van der Waals surface area (Å²) < 4.78 is 6.93. The smallest absolute Gasteiger partial charge is 0.326 e. The van der Waals surface area contributed by atoms with Crippen LogP contribution in [-0.2, 0) is 9.53 Å². The van der Waals surface area contributed by atoms with Gasteiger partial charge in [-0.25, -0.2) is 14.3 Å². The Morgan fingerprint density at radius 1 is 1.42 bits per heavy atom. The van der Waals surface area contributed by atoms with Crippen molar-refractivity contribution in [2.45, 2.75) is 45.8 Å². The van der Waals surface area contributed by atoms with Crippen molar-refractivity contribution in [2.75, 3.05) is 6.61 Å². The number of aromatic nitrogens is 4. The van der Waals surface area contributed by atoms with Gasteiger partial charge in [-0.2, -0.15) is 4.98 Å². The highest BCUT2D eigenvalue weighted by molar-refractivity contribution is 5.93. The highest BCUT2D eigenvalue weighted by atomic mass is 16.5. The fourth-order valence-electron chi connectivity index (χ4n) is 1.97. The molecule has 130 valence electrons. The molecule has 0 saturated carbocycles. The van der Waals surface area contributed by atoms with Gasteiger partial charge in [0.15, 0.2) is 0 Å². The molecule has 2 heterocycles. The van der Waals surface area contributed by atoms with E-state index >= 15 is 0 Å². The van der Waals surface area contributed by atoms with Crippen molar-refractivity contribution in [3.05, 3.63) is 23.8 Å². The first-order valence-corrected chi connectivity index (χ1v) is 7.53. The molecule has 24 heavy (non-hydrogen) atoms. The van der Waals surface area contributed by atoms with E-state index in [4.69, 9.17) is 4.74 Å². The zero-order valence-corrected chi connectivity index (χ0v) is 14.1. The number of amides is 1. The van der Waals surface area contributed by atoms with E-state index in [2.05, 4.69) is 20.4 Å². The van der Waals surface area contributed by atoms with E-state index < -0.39 is 17.9 Å². The molecule has 0 fully saturated rings. The van der Waals surface area contributed by atoms with E-state index in [0.717, 1.165) is 5.69 Å². The summed E-state index contributed by atoms with van der Waals surface area (Å²) in [5.41, 5.74) is 0.388. The average molecular weight is 335 g/mol. The molecule has 0 saturated heterocycles. The van der Waals surface area contributed by atoms with E-state index in [9.17, 15) is 14.7 Å². The van der Waals surface area contributed by atoms with Crippen LogP contribution in [0.4, 0.5) is 0 Å². The number of hydrogen-bond donors (Lipinski definition) is 2. The SMILES string of the molecule is Cc1ccnc2nc(C(=O)NC(CCOC(C)(C)C)C(=O)O)nn12. The van der Waals surface area contributed by atoms with Gasteiger partial charge in [-0.1, -0.05) is 0 Å². The van der Waals surface area contributed by atoms with Gasteiger partial charge in [-0.15, -0.1) is 5.10 Å². The van der Waals surface area contributed by atoms with Gasteiger partial charge in [-0.05, 0) is 33.8 Å². The molecule has 0 aliphatic carbocycles. The largest absolute Gasteiger partial charge is 0.480 e. The van der Waals surface area contributed by atoms with Crippen molar-refractivity contribution >= 4 is 17.7 Å². The maximum Gasteiger partial charge on any atom is 0.326 e. The number of aryl methyl sites for hydroxylation is 1. The lowest BCUT2D eigenvalue weighted by Crippen LogP contribution is -2.42. The molecule has 2 aromatic heterocycles. The predicted molar refractivity (Wildman–Crippen MR) is 84.7 cm³/mol. The fraction of sp³-hybridized carbons (Fsp3) is 0.533. The van der Waals surface area contributed by atoms with Crippen LogP contribution in [-0.4, -0.2) is 54.8 Å². The maximum atomic E-state index is 12.2. The van der Waals surface area contributed by atoms with Gasteiger partial charge < -0.3 is 15.2 Å². The second-order valence-corrected chi connectivity index (χ2v) is 6.35. The molecule has 0 spiro atoms. The van der Waals surface area contributed by atoms with Gasteiger partial charge in [-0.3, -0.25) is 4.79 Å². The van der Waals surface area contributed by atoms with Crippen LogP contribution in [0, 0.1) is 6.92 Å². The van der Waals surface area contributed by atoms with E-state index in [-0.39, 0.29) is 30.2 Å². The number of ether oxygens (including phenoxy) is 1. The van der Waals surface area contributed by atoms with Crippen molar-refractivity contribution in [1.82, 2.24) is 24.9 Å². The van der Waals surface area contributed by atoms with Crippen LogP contribution in [0.15, 0.2) is 12.3 Å². The molecule has 0 aliphatic rings. The van der Waals surface area contributed by atoms with E-state index in [0.29, 0.717) is 0 Å². The first-order valence-electron chi connectivity index (χ1n) is 7.53. The Kier molecular flexibility index (Phi) is 5.13. The number of rotatable bonds is 6. The first-order chi connectivity index (χ1) is 11.2. The number of carbonyl (C=O) groups excluding carboxylic acids is 1. The number of carboxylic acid groups (broad SMARTS) is 1. The molecular weight excluding hydrogens is 314 g/mol. The van der Waals surface area contributed by atoms with Crippen LogP contribution in [0.2, 0.25) is 0 Å². The summed E-state index contributed by atoms with van der Waals surface area (Å²) >= 11 is 0. The Morgan fingerprint density at radius 2 is 2.12 bits per heavy atom. The van der Waals surface area contributed by atoms with Gasteiger partial charge in [0.05, 0.1) is 5.60 Å². The zero-order chi connectivity index (χ0) is 17.9. The van der Waals surface area contributed by atoms with Crippen molar-refractivity contribution in [3.8, 4) is 0 Å². The second-order valence-electron chi connectivity index (χ2n) is 6.35. The van der Waals surface area contributed by atoms with Crippen LogP contribution in [0.3, 0.4) is 0 Å². The third-order valence-corrected chi connectivity index (χ3v) is 3.18. The predicted octanol–water partition coefficient (Wildman–Crippen LogP) is 0.821. The van der Waals surface area contributed by atoms with Gasteiger partial charge in [0.2, 0.25) is 5.82 Å². The van der Waals surface area contributed by atoms with Crippen LogP contribution in [0.1, 0.15) is 43.5 Å². The summed E-state index contributed by atoms with van der Waals surface area (Å²) in [5.74, 6) is -1.65. The molecule has 2 aromatic rings. The van der Waals surface area contributed by atoms with E-state index in [1.54, 1.807) is 19.2 Å². The summed E-state index contributed by atoms with van der Waals surface area (Å²) in [4.78, 5) is 31.6. The van der Waals surface area contributed by atoms with Gasteiger partial charge >= 0.3 is 5.97 Å². The molecule has 0 aromatic carbocycles. The van der Waals surface area contributed by atoms with Gasteiger partial charge in [0, 0.05) is 24.9 Å². The minimum atomic E-state index is -1.14. The minimum absolute atomic E-state index is 0.125. The summed E-state index contributed by atoms with van der Waals surface area (Å²) in [6.45, 7) is 7.63. The molecule has 2 rings (SSSR count). The van der Waals surface area contributed by atoms with Crippen molar-refractivity contribution in [3.63, 3.8) is 0 Å². The van der Waals surface area contributed by atoms with Crippen LogP contribution in [0.5, 0.6) is 0 Å². The molecule has 9 heteroatoms. The second kappa shape index (κ2) is 6.91. The topological polar surface area (TPSA) is 119 Å². The van der Waals surface area contributed by atoms with Crippen molar-refractivity contribution < 1.29 is 19.4 Å². The molecule has 9 nitrogen and oxygen atoms in total. The lowest BCUT2D eigenvalue weighted by atomic mass is 10.1. The normalized spacial score (nSPS) is 13.0. The molecule has 0 radical (unpaired) electrons. The number of fused-ring (bicyclic) bond motifs is 1. The number of nitrogens with one attached hydrogen (secondary N) is 1. The first kappa shape index (κ1) is 17.8. The molecule has 2 N–H and O–H groups in total. The standard InChI is InChI=1S/C15H21N5O4/c1-9-5-7-16-14-18-11(19-20(9)14)12(21)17-10(13(22)23)6-8-24-15(2,3)4/h5,7,10H,6,8H2,1-4H3,(H,17,21)(H,22,23). The van der Waals surface area contributed by atoms with Gasteiger partial charge in [0.25, 0.3) is 11.7 Å². The summed E-state index contributed by atoms with van der Waals surface area (Å²) in [7, 11) is 0. The number of hydrogen-bond acceptors (Lipinski definition) is 6. The molecule has 1 unspecified atom stereocenters. The number of carbonyl (C=O) groups is 2. The monoisotopic (exact) mass is 335 g/mol. The quantitative estimate of drug-likeness (QED) is 0.802. The minimum Gasteiger partial charge on any atom is -0.480 e. The zero-order valence-electron chi connectivity index (χ0n) is 14.1. The Balaban J connectivity index is 2.06. The highest BCUT2D eigenvalue weighted by Gasteiger charge is 2.24. The summed E-state index contributed by atoms with van der Waals surface area (Å²) in [6, 6.07) is 0.647. The molecular formula is C15H21N5O4. The summed E-state index contributed by atoms with van der Waals surface area (Å²) in [6.07, 6.45) is 1.70. The Hall–Kier alpha value is -2.55. The number of nitrogens with zero attached hydrogens (tertiary/aromatic N) is 4. The fourth-order valence-corrected chi connectivity index (χ4v) is 1.97. The molecule has 1 atom stereocenters. The Morgan fingerprint density at radius 3 is 2.71 bits per heavy atom. The van der Waals surface area contributed by atoms with Crippen LogP contribution >= 0.6 is 0 Å². The molecule has 0 aliphatic heterocycles. The molecule has 1 amide bonds. The highest BCUT2D eigenvalue weighted by Crippen LogP contribution is 2.08. The maximum absolute atomic E-state index is 12.2. The van der Waals surface area contributed by atoms with E-state index in [1.165, 1.54) is 4.52 Å². The summed E-state index contributed by atoms with van der Waals surface area (Å²) in [5, 5.41) is 15.7. The van der Waals surface area contributed by atoms with Gasteiger partial charge in [0.1, 0.15) is 6.04 Å². The third-order valence-electron chi connectivity index (χ3n) is 3.18. The average Bonchev–Trinajstić information content (AvgIpc) is 2.90. The lowest BCUT2D eigenvalue weighted by molar-refractivity contribution is -0.140. The lowest BCUT2D eigenvalue weighted by Gasteiger charge is -2.21.